The number of pyridine rings is 2. The van der Waals surface area contributed by atoms with E-state index in [9.17, 15) is 22.4 Å². The van der Waals surface area contributed by atoms with Crippen molar-refractivity contribution < 1.29 is 27.1 Å². The van der Waals surface area contributed by atoms with Crippen LogP contribution in [0.5, 0.6) is 11.5 Å². The average molecular weight is 493 g/mol. The molecule has 3 heterocycles. The fourth-order valence-corrected chi connectivity index (χ4v) is 3.28. The Bertz CT molecular complexity index is 1390. The third-order valence-corrected chi connectivity index (χ3v) is 4.95. The highest BCUT2D eigenvalue weighted by Gasteiger charge is 2.42. The van der Waals surface area contributed by atoms with Crippen LogP contribution in [0, 0.1) is 5.82 Å². The second kappa shape index (κ2) is 8.63. The summed E-state index contributed by atoms with van der Waals surface area (Å²) in [6, 6.07) is 8.75. The molecule has 0 saturated heterocycles. The molecule has 13 heteroatoms. The zero-order valence-corrected chi connectivity index (χ0v) is 17.6. The number of carbonyl (C=O) groups is 1. The van der Waals surface area contributed by atoms with Crippen molar-refractivity contribution in [2.45, 2.75) is 6.18 Å². The number of primary amides is 1. The Kier molecular flexibility index (Phi) is 5.83. The second-order valence-electron chi connectivity index (χ2n) is 6.79. The molecular formula is C21H13ClF4N6O2. The molecule has 174 valence electrons. The van der Waals surface area contributed by atoms with E-state index in [4.69, 9.17) is 27.8 Å². The first-order valence-electron chi connectivity index (χ1n) is 9.37. The number of hydrogen-bond acceptors (Lipinski definition) is 6. The predicted octanol–water partition coefficient (Wildman–Crippen LogP) is 4.61. The molecule has 0 aliphatic heterocycles. The minimum absolute atomic E-state index is 0.0115. The van der Waals surface area contributed by atoms with Crippen LogP contribution < -0.4 is 16.2 Å². The summed E-state index contributed by atoms with van der Waals surface area (Å²) in [5.41, 5.74) is 7.86. The third kappa shape index (κ3) is 4.22. The summed E-state index contributed by atoms with van der Waals surface area (Å²) in [6.07, 6.45) is -2.47. The van der Waals surface area contributed by atoms with Gasteiger partial charge in [-0.15, -0.1) is 0 Å². The Morgan fingerprint density at radius 1 is 1.06 bits per heavy atom. The van der Waals surface area contributed by atoms with Gasteiger partial charge in [-0.3, -0.25) is 4.79 Å². The van der Waals surface area contributed by atoms with Gasteiger partial charge in [-0.05, 0) is 30.3 Å². The monoisotopic (exact) mass is 492 g/mol. The van der Waals surface area contributed by atoms with Gasteiger partial charge in [0.1, 0.15) is 16.5 Å². The van der Waals surface area contributed by atoms with Crippen molar-refractivity contribution in [2.24, 2.45) is 5.73 Å². The number of nitrogen functional groups attached to an aromatic ring is 1. The number of anilines is 1. The molecule has 1 aromatic carbocycles. The zero-order valence-electron chi connectivity index (χ0n) is 16.8. The van der Waals surface area contributed by atoms with Gasteiger partial charge in [-0.25, -0.2) is 19.0 Å². The number of alkyl halides is 3. The van der Waals surface area contributed by atoms with Crippen LogP contribution in [0.3, 0.4) is 0 Å². The molecule has 1 amide bonds. The minimum atomic E-state index is -5.02. The molecule has 0 aliphatic rings. The zero-order chi connectivity index (χ0) is 24.6. The van der Waals surface area contributed by atoms with Crippen molar-refractivity contribution in [2.75, 3.05) is 5.73 Å². The van der Waals surface area contributed by atoms with E-state index in [1.165, 1.54) is 42.7 Å². The van der Waals surface area contributed by atoms with E-state index in [0.29, 0.717) is 4.68 Å². The van der Waals surface area contributed by atoms with E-state index >= 15 is 0 Å². The average Bonchev–Trinajstić information content (AvgIpc) is 3.20. The molecule has 4 N–H and O–H groups in total. The number of carbonyl (C=O) groups excluding carboxylic acids is 1. The van der Waals surface area contributed by atoms with Crippen molar-refractivity contribution in [3.63, 3.8) is 0 Å². The lowest BCUT2D eigenvalue weighted by atomic mass is 10.0. The summed E-state index contributed by atoms with van der Waals surface area (Å²) in [7, 11) is 0. The quantitative estimate of drug-likeness (QED) is 0.392. The normalized spacial score (nSPS) is 11.4. The fourth-order valence-electron chi connectivity index (χ4n) is 3.13. The summed E-state index contributed by atoms with van der Waals surface area (Å²) in [4.78, 5) is 19.7. The number of nitrogens with two attached hydrogens (primary N) is 2. The van der Waals surface area contributed by atoms with Crippen molar-refractivity contribution in [3.05, 3.63) is 77.0 Å². The summed E-state index contributed by atoms with van der Waals surface area (Å²) in [6.45, 7) is 0. The Labute approximate surface area is 193 Å². The molecule has 3 aromatic heterocycles. The SMILES string of the molecule is NC(=O)c1c(-c2ccc(Oc3ccnc(N)c3Cl)c(F)c2)nn(-c2ccccn2)c1C(F)(F)F. The van der Waals surface area contributed by atoms with E-state index in [2.05, 4.69) is 15.1 Å². The van der Waals surface area contributed by atoms with Gasteiger partial charge in [-0.2, -0.15) is 18.3 Å². The maximum Gasteiger partial charge on any atom is 0.434 e. The predicted molar refractivity (Wildman–Crippen MR) is 114 cm³/mol. The van der Waals surface area contributed by atoms with E-state index in [1.807, 2.05) is 0 Å². The summed E-state index contributed by atoms with van der Waals surface area (Å²) in [5, 5.41) is 3.85. The molecule has 0 fully saturated rings. The number of ether oxygens (including phenoxy) is 1. The first kappa shape index (κ1) is 23.0. The molecule has 0 atom stereocenters. The van der Waals surface area contributed by atoms with Gasteiger partial charge >= 0.3 is 6.18 Å². The van der Waals surface area contributed by atoms with Gasteiger partial charge in [0.15, 0.2) is 28.8 Å². The van der Waals surface area contributed by atoms with Gasteiger partial charge < -0.3 is 16.2 Å². The van der Waals surface area contributed by atoms with Gasteiger partial charge in [-0.1, -0.05) is 17.7 Å². The number of rotatable bonds is 5. The van der Waals surface area contributed by atoms with Crippen LogP contribution >= 0.6 is 11.6 Å². The molecule has 34 heavy (non-hydrogen) atoms. The second-order valence-corrected chi connectivity index (χ2v) is 7.17. The van der Waals surface area contributed by atoms with Gasteiger partial charge in [0, 0.05) is 24.0 Å². The van der Waals surface area contributed by atoms with Crippen LogP contribution in [0.2, 0.25) is 5.02 Å². The Morgan fingerprint density at radius 2 is 1.82 bits per heavy atom. The lowest BCUT2D eigenvalue weighted by Crippen LogP contribution is -2.21. The standard InChI is InChI=1S/C21H13ClF4N6O2/c22-16-13(6-8-30-19(16)27)34-12-5-4-10(9-11(12)23)17-15(20(28)33)18(21(24,25)26)32(31-17)14-3-1-2-7-29-14/h1-9H,(H2,27,30)(H2,28,33). The van der Waals surface area contributed by atoms with Crippen LogP contribution in [0.25, 0.3) is 17.1 Å². The first-order chi connectivity index (χ1) is 16.1. The molecule has 0 saturated carbocycles. The third-order valence-electron chi connectivity index (χ3n) is 4.57. The number of benzene rings is 1. The highest BCUT2D eigenvalue weighted by molar-refractivity contribution is 6.34. The molecular weight excluding hydrogens is 480 g/mol. The van der Waals surface area contributed by atoms with Crippen molar-refractivity contribution in [1.29, 1.82) is 0 Å². The van der Waals surface area contributed by atoms with Crippen LogP contribution in [0.4, 0.5) is 23.4 Å². The lowest BCUT2D eigenvalue weighted by Gasteiger charge is -2.11. The van der Waals surface area contributed by atoms with E-state index in [1.54, 1.807) is 0 Å². The molecule has 4 rings (SSSR count). The Balaban J connectivity index is 1.84. The van der Waals surface area contributed by atoms with Gasteiger partial charge in [0.25, 0.3) is 5.91 Å². The highest BCUT2D eigenvalue weighted by atomic mass is 35.5. The van der Waals surface area contributed by atoms with Crippen LogP contribution in [-0.2, 0) is 6.18 Å². The number of nitrogens with zero attached hydrogens (tertiary/aromatic N) is 4. The number of amides is 1. The summed E-state index contributed by atoms with van der Waals surface area (Å²) < 4.78 is 62.5. The van der Waals surface area contributed by atoms with Crippen molar-refractivity contribution >= 4 is 23.3 Å². The molecule has 0 spiro atoms. The molecule has 0 aliphatic carbocycles. The van der Waals surface area contributed by atoms with E-state index in [-0.39, 0.29) is 33.7 Å². The lowest BCUT2D eigenvalue weighted by molar-refractivity contribution is -0.143. The number of halogens is 5. The number of hydrogen-bond donors (Lipinski definition) is 2. The van der Waals surface area contributed by atoms with Crippen molar-refractivity contribution in [3.8, 4) is 28.6 Å². The van der Waals surface area contributed by atoms with Gasteiger partial charge in [0.2, 0.25) is 0 Å². The van der Waals surface area contributed by atoms with Crippen molar-refractivity contribution in [1.82, 2.24) is 19.7 Å². The van der Waals surface area contributed by atoms with E-state index < -0.39 is 34.9 Å². The summed E-state index contributed by atoms with van der Waals surface area (Å²) in [5.74, 6) is -2.92. The van der Waals surface area contributed by atoms with Crippen LogP contribution in [0.15, 0.2) is 54.9 Å². The Hall–Kier alpha value is -4.19. The molecule has 0 bridgehead atoms. The smallest absolute Gasteiger partial charge is 0.434 e. The molecule has 4 aromatic rings. The molecule has 8 nitrogen and oxygen atoms in total. The van der Waals surface area contributed by atoms with Crippen LogP contribution in [0.1, 0.15) is 16.1 Å². The topological polar surface area (TPSA) is 122 Å². The van der Waals surface area contributed by atoms with E-state index in [0.717, 1.165) is 12.1 Å². The first-order valence-corrected chi connectivity index (χ1v) is 9.75. The van der Waals surface area contributed by atoms with Crippen LogP contribution in [-0.4, -0.2) is 25.7 Å². The summed E-state index contributed by atoms with van der Waals surface area (Å²) >= 11 is 5.99. The maximum absolute atomic E-state index is 14.9. The number of aromatic nitrogens is 4. The maximum atomic E-state index is 14.9. The largest absolute Gasteiger partial charge is 0.453 e. The van der Waals surface area contributed by atoms with Gasteiger partial charge in [0.05, 0.1) is 5.56 Å². The highest BCUT2D eigenvalue weighted by Crippen LogP contribution is 2.39. The molecule has 0 unspecified atom stereocenters. The molecule has 0 radical (unpaired) electrons. The minimum Gasteiger partial charge on any atom is -0.453 e. The fraction of sp³-hybridized carbons (Fsp3) is 0.0476. The Morgan fingerprint density at radius 3 is 2.44 bits per heavy atom.